The highest BCUT2D eigenvalue weighted by Crippen LogP contribution is 2.20. The van der Waals surface area contributed by atoms with Crippen molar-refractivity contribution in [3.63, 3.8) is 0 Å². The quantitative estimate of drug-likeness (QED) is 0.648. The number of amides is 2. The van der Waals surface area contributed by atoms with Crippen LogP contribution in [0.15, 0.2) is 72.8 Å². The lowest BCUT2D eigenvalue weighted by Crippen LogP contribution is -2.29. The molecule has 0 radical (unpaired) electrons. The van der Waals surface area contributed by atoms with Gasteiger partial charge in [-0.25, -0.2) is 0 Å². The normalized spacial score (nSPS) is 10.2. The molecule has 0 aliphatic carbocycles. The molecule has 0 saturated heterocycles. The Kier molecular flexibility index (Phi) is 6.07. The third kappa shape index (κ3) is 4.98. The van der Waals surface area contributed by atoms with E-state index in [1.165, 1.54) is 0 Å². The fraction of sp³-hybridized carbons (Fsp3) is 0.130. The number of para-hydroxylation sites is 1. The lowest BCUT2D eigenvalue weighted by Gasteiger charge is -2.12. The first-order valence-corrected chi connectivity index (χ1v) is 8.98. The molecule has 28 heavy (non-hydrogen) atoms. The molecule has 0 bridgehead atoms. The number of anilines is 2. The summed E-state index contributed by atoms with van der Waals surface area (Å²) < 4.78 is 5.71. The first-order chi connectivity index (χ1) is 13.5. The number of carbonyl (C=O) groups is 2. The van der Waals surface area contributed by atoms with Gasteiger partial charge in [0, 0.05) is 11.4 Å². The monoisotopic (exact) mass is 374 g/mol. The zero-order valence-electron chi connectivity index (χ0n) is 15.9. The van der Waals surface area contributed by atoms with Gasteiger partial charge in [0.2, 0.25) is 0 Å². The second kappa shape index (κ2) is 8.86. The number of hydrogen-bond acceptors (Lipinski definition) is 3. The van der Waals surface area contributed by atoms with Crippen LogP contribution in [0.25, 0.3) is 0 Å². The highest BCUT2D eigenvalue weighted by atomic mass is 16.5. The molecule has 3 aromatic carbocycles. The molecule has 3 aromatic rings. The van der Waals surface area contributed by atoms with Gasteiger partial charge >= 0.3 is 11.8 Å². The van der Waals surface area contributed by atoms with Crippen LogP contribution in [0.1, 0.15) is 16.7 Å². The number of rotatable bonds is 5. The van der Waals surface area contributed by atoms with Gasteiger partial charge in [0.1, 0.15) is 12.4 Å². The maximum Gasteiger partial charge on any atom is 0.314 e. The molecule has 0 spiro atoms. The van der Waals surface area contributed by atoms with Gasteiger partial charge in [-0.1, -0.05) is 48.5 Å². The Balaban J connectivity index is 1.56. The lowest BCUT2D eigenvalue weighted by atomic mass is 10.1. The van der Waals surface area contributed by atoms with E-state index in [0.717, 1.165) is 16.7 Å². The Bertz CT molecular complexity index is 947. The summed E-state index contributed by atoms with van der Waals surface area (Å²) in [6.45, 7) is 4.23. The average Bonchev–Trinajstić information content (AvgIpc) is 2.71. The molecule has 5 nitrogen and oxygen atoms in total. The summed E-state index contributed by atoms with van der Waals surface area (Å²) in [6, 6.07) is 22.4. The third-order valence-corrected chi connectivity index (χ3v) is 4.29. The largest absolute Gasteiger partial charge is 0.489 e. The Morgan fingerprint density at radius 1 is 0.750 bits per heavy atom. The molecule has 0 heterocycles. The minimum absolute atomic E-state index is 0.463. The molecule has 0 aliphatic heterocycles. The fourth-order valence-electron chi connectivity index (χ4n) is 2.75. The average molecular weight is 374 g/mol. The van der Waals surface area contributed by atoms with Crippen LogP contribution in [-0.2, 0) is 16.2 Å². The van der Waals surface area contributed by atoms with Crippen LogP contribution in [-0.4, -0.2) is 11.8 Å². The number of ether oxygens (including phenoxy) is 1. The molecule has 0 atom stereocenters. The minimum Gasteiger partial charge on any atom is -0.489 e. The number of aryl methyl sites for hydroxylation is 2. The number of hydrogen-bond donors (Lipinski definition) is 2. The van der Waals surface area contributed by atoms with Gasteiger partial charge in [-0.3, -0.25) is 9.59 Å². The second-order valence-electron chi connectivity index (χ2n) is 6.47. The SMILES string of the molecule is Cc1cccc(C)c1NC(=O)C(=O)Nc1ccc(OCc2ccccc2)cc1. The summed E-state index contributed by atoms with van der Waals surface area (Å²) in [4.78, 5) is 24.4. The Labute approximate surface area is 164 Å². The van der Waals surface area contributed by atoms with Crippen LogP contribution < -0.4 is 15.4 Å². The number of benzene rings is 3. The van der Waals surface area contributed by atoms with Crippen molar-refractivity contribution in [3.8, 4) is 5.75 Å². The number of nitrogens with one attached hydrogen (secondary N) is 2. The van der Waals surface area contributed by atoms with Crippen LogP contribution in [0.4, 0.5) is 11.4 Å². The van der Waals surface area contributed by atoms with Gasteiger partial charge in [0.05, 0.1) is 0 Å². The molecule has 3 rings (SSSR count). The van der Waals surface area contributed by atoms with E-state index in [9.17, 15) is 9.59 Å². The van der Waals surface area contributed by atoms with E-state index in [1.54, 1.807) is 24.3 Å². The predicted molar refractivity (Wildman–Crippen MR) is 110 cm³/mol. The van der Waals surface area contributed by atoms with Crippen molar-refractivity contribution in [2.24, 2.45) is 0 Å². The lowest BCUT2D eigenvalue weighted by molar-refractivity contribution is -0.133. The van der Waals surface area contributed by atoms with Crippen molar-refractivity contribution in [1.82, 2.24) is 0 Å². The Hall–Kier alpha value is -3.60. The van der Waals surface area contributed by atoms with E-state index in [4.69, 9.17) is 4.74 Å². The molecule has 2 amide bonds. The predicted octanol–water partition coefficient (Wildman–Crippen LogP) is 4.46. The molecule has 2 N–H and O–H groups in total. The van der Waals surface area contributed by atoms with Crippen molar-refractivity contribution in [2.75, 3.05) is 10.6 Å². The first kappa shape index (κ1) is 19.2. The van der Waals surface area contributed by atoms with Crippen molar-refractivity contribution in [1.29, 1.82) is 0 Å². The standard InChI is InChI=1S/C23H22N2O3/c1-16-7-6-8-17(2)21(16)25-23(27)22(26)24-19-11-13-20(14-12-19)28-15-18-9-4-3-5-10-18/h3-14H,15H2,1-2H3,(H,24,26)(H,25,27). The zero-order chi connectivity index (χ0) is 19.9. The van der Waals surface area contributed by atoms with E-state index in [1.807, 2.05) is 62.4 Å². The van der Waals surface area contributed by atoms with Crippen LogP contribution in [0.2, 0.25) is 0 Å². The van der Waals surface area contributed by atoms with Crippen molar-refractivity contribution in [2.45, 2.75) is 20.5 Å². The van der Waals surface area contributed by atoms with Gasteiger partial charge in [-0.05, 0) is 54.8 Å². The van der Waals surface area contributed by atoms with E-state index in [0.29, 0.717) is 23.7 Å². The van der Waals surface area contributed by atoms with Crippen LogP contribution in [0.5, 0.6) is 5.75 Å². The van der Waals surface area contributed by atoms with Gasteiger partial charge < -0.3 is 15.4 Å². The highest BCUT2D eigenvalue weighted by molar-refractivity contribution is 6.43. The van der Waals surface area contributed by atoms with Crippen molar-refractivity contribution in [3.05, 3.63) is 89.5 Å². The first-order valence-electron chi connectivity index (χ1n) is 8.98. The summed E-state index contributed by atoms with van der Waals surface area (Å²) in [6.07, 6.45) is 0. The van der Waals surface area contributed by atoms with Gasteiger partial charge in [0.25, 0.3) is 0 Å². The van der Waals surface area contributed by atoms with Crippen molar-refractivity contribution < 1.29 is 14.3 Å². The van der Waals surface area contributed by atoms with E-state index in [2.05, 4.69) is 10.6 Å². The molecule has 0 fully saturated rings. The smallest absolute Gasteiger partial charge is 0.314 e. The van der Waals surface area contributed by atoms with Crippen LogP contribution in [0.3, 0.4) is 0 Å². The van der Waals surface area contributed by atoms with E-state index >= 15 is 0 Å². The highest BCUT2D eigenvalue weighted by Gasteiger charge is 2.16. The van der Waals surface area contributed by atoms with Crippen LogP contribution >= 0.6 is 0 Å². The molecular weight excluding hydrogens is 352 g/mol. The molecular formula is C23H22N2O3. The van der Waals surface area contributed by atoms with Crippen molar-refractivity contribution >= 4 is 23.2 Å². The van der Waals surface area contributed by atoms with Gasteiger partial charge in [0.15, 0.2) is 0 Å². The maximum absolute atomic E-state index is 12.2. The van der Waals surface area contributed by atoms with Crippen LogP contribution in [0, 0.1) is 13.8 Å². The molecule has 0 saturated carbocycles. The zero-order valence-corrected chi connectivity index (χ0v) is 15.9. The molecule has 5 heteroatoms. The summed E-state index contributed by atoms with van der Waals surface area (Å²) in [5, 5.41) is 5.27. The van der Waals surface area contributed by atoms with E-state index in [-0.39, 0.29) is 0 Å². The summed E-state index contributed by atoms with van der Waals surface area (Å²) >= 11 is 0. The molecule has 0 aliphatic rings. The topological polar surface area (TPSA) is 67.4 Å². The minimum atomic E-state index is -0.722. The van der Waals surface area contributed by atoms with Gasteiger partial charge in [-0.2, -0.15) is 0 Å². The number of carbonyl (C=O) groups excluding carboxylic acids is 2. The summed E-state index contributed by atoms with van der Waals surface area (Å²) in [7, 11) is 0. The molecule has 0 unspecified atom stereocenters. The van der Waals surface area contributed by atoms with E-state index < -0.39 is 11.8 Å². The Morgan fingerprint density at radius 2 is 1.36 bits per heavy atom. The molecule has 0 aromatic heterocycles. The maximum atomic E-state index is 12.2. The fourth-order valence-corrected chi connectivity index (χ4v) is 2.75. The second-order valence-corrected chi connectivity index (χ2v) is 6.47. The summed E-state index contributed by atoms with van der Waals surface area (Å²) in [5.41, 5.74) is 4.06. The molecule has 142 valence electrons. The third-order valence-electron chi connectivity index (χ3n) is 4.29. The summed E-state index contributed by atoms with van der Waals surface area (Å²) in [5.74, 6) is -0.746. The van der Waals surface area contributed by atoms with Gasteiger partial charge in [-0.15, -0.1) is 0 Å². The Morgan fingerprint density at radius 3 is 2.00 bits per heavy atom.